The Balaban J connectivity index is 1.56. The Kier molecular flexibility index (Phi) is 17.0. The van der Waals surface area contributed by atoms with Crippen LogP contribution in [-0.4, -0.2) is 64.3 Å². The minimum atomic E-state index is -4.24. The summed E-state index contributed by atoms with van der Waals surface area (Å²) in [6.45, 7) is 4.71. The Hall–Kier alpha value is 0.233. The standard InChI is InChI=1S/C39H39N3O6S3.3Er.Re/c1-32-14-20-37(21-15-32)49(43,44)40(26-28-41(30-35-10-6-4-7-11-35)50(45,46)38-22-16-33(2)17-23-38)27-29-42(31-36-12-8-5-9-13-36)51(47,48)39-24-18-34(3)19-25-39;;;;/h4-9,14-25H,26-31H2,1-3H3;;;;. The van der Waals surface area contributed by atoms with E-state index in [2.05, 4.69) is 106 Å². The molecule has 0 aliphatic rings. The van der Waals surface area contributed by atoms with Gasteiger partial charge < -0.3 is 0 Å². The quantitative estimate of drug-likeness (QED) is 0.150. The summed E-state index contributed by atoms with van der Waals surface area (Å²) in [4.78, 5) is 0.199. The molecule has 0 fully saturated rings. The van der Waals surface area contributed by atoms with Crippen LogP contribution in [0.15, 0.2) is 124 Å². The molecule has 55 heavy (non-hydrogen) atoms. The fourth-order valence-corrected chi connectivity index (χ4v) is 13.2. The number of aryl methyl sites for hydroxylation is 3. The van der Waals surface area contributed by atoms with Crippen LogP contribution in [0.25, 0.3) is 0 Å². The van der Waals surface area contributed by atoms with Gasteiger partial charge in [-0.05, 0) is 6.92 Å². The van der Waals surface area contributed by atoms with E-state index in [0.29, 0.717) is 0 Å². The second-order valence-corrected chi connectivity index (χ2v) is 23.0. The molecule has 0 heterocycles. The molecule has 0 saturated heterocycles. The topological polar surface area (TPSA) is 112 Å². The number of sulfonamides is 3. The molecule has 0 saturated carbocycles. The van der Waals surface area contributed by atoms with Gasteiger partial charge in [0.05, 0.1) is 0 Å². The van der Waals surface area contributed by atoms with E-state index in [-0.39, 0.29) is 54.0 Å². The first-order valence-electron chi connectivity index (χ1n) is 16.8. The molecule has 0 spiro atoms. The summed E-state index contributed by atoms with van der Waals surface area (Å²) < 4.78 is 93.6. The molecule has 307 valence electrons. The van der Waals surface area contributed by atoms with E-state index in [0.717, 1.165) is 37.0 Å². The van der Waals surface area contributed by atoms with Crippen molar-refractivity contribution in [2.45, 2.75) is 48.5 Å². The van der Waals surface area contributed by atoms with Crippen molar-refractivity contribution in [2.75, 3.05) is 26.2 Å². The second-order valence-electron chi connectivity index (χ2n) is 12.8. The predicted molar refractivity (Wildman–Crippen MR) is 199 cm³/mol. The third kappa shape index (κ3) is 11.7. The first kappa shape index (κ1) is 46.3. The molecule has 0 radical (unpaired) electrons. The number of rotatable bonds is 16. The molecule has 0 amide bonds. The van der Waals surface area contributed by atoms with Crippen LogP contribution in [0.4, 0.5) is 0 Å². The van der Waals surface area contributed by atoms with E-state index < -0.39 is 30.1 Å². The first-order chi connectivity index (χ1) is 25.9. The van der Waals surface area contributed by atoms with Crippen molar-refractivity contribution in [1.29, 1.82) is 0 Å². The first-order valence-corrected chi connectivity index (χ1v) is 25.3. The second kappa shape index (κ2) is 20.2. The van der Waals surface area contributed by atoms with Crippen LogP contribution in [0.2, 0.25) is 0 Å². The van der Waals surface area contributed by atoms with Gasteiger partial charge >= 0.3 is 408 Å². The molecule has 0 bridgehead atoms. The summed E-state index contributed by atoms with van der Waals surface area (Å²) in [5, 5.41) is 0. The molecular formula is C39H39Er3N3O6ReS3. The summed E-state index contributed by atoms with van der Waals surface area (Å²) in [5.41, 5.74) is 4.23. The third-order valence-corrected chi connectivity index (χ3v) is 18.3. The summed E-state index contributed by atoms with van der Waals surface area (Å²) in [7, 11) is -12.5. The Morgan fingerprint density at radius 3 is 1.09 bits per heavy atom. The average Bonchev–Trinajstić information content (AvgIpc) is 3.13. The van der Waals surface area contributed by atoms with Gasteiger partial charge in [0.25, 0.3) is 0 Å². The molecule has 0 atom stereocenters. The Morgan fingerprint density at radius 1 is 0.436 bits per heavy atom. The van der Waals surface area contributed by atoms with Crippen molar-refractivity contribution in [2.24, 2.45) is 0 Å². The zero-order valence-corrected chi connectivity index (χ0v) is 40.6. The SMILES string of the molecule is Cc1ccc(S(=O)(=O)N(CCN(Cc2[c]([Er])ccc[c]2[Er])S(=O)(=O)c2ccc(C)cc2)CCN(Cc2[c]([Er])ccc[c]2[Re])S(=O)(=O)c2ccc(C)cc2)cc1. The molecule has 5 aromatic carbocycles. The van der Waals surface area contributed by atoms with E-state index in [9.17, 15) is 25.3 Å². The van der Waals surface area contributed by atoms with Gasteiger partial charge in [-0.3, -0.25) is 0 Å². The Morgan fingerprint density at radius 2 is 0.727 bits per heavy atom. The molecular weight excluding hydrogens is 1390 g/mol. The van der Waals surface area contributed by atoms with Gasteiger partial charge in [-0.1, -0.05) is 0 Å². The summed E-state index contributed by atoms with van der Waals surface area (Å²) in [6, 6.07) is 30.9. The maximum absolute atomic E-state index is 14.5. The zero-order valence-electron chi connectivity index (χ0n) is 29.9. The van der Waals surface area contributed by atoms with E-state index in [1.807, 2.05) is 57.2 Å². The van der Waals surface area contributed by atoms with Crippen LogP contribution in [0, 0.1) is 127 Å². The Bertz CT molecular complexity index is 2290. The predicted octanol–water partition coefficient (Wildman–Crippen LogP) is 3.08. The molecule has 0 aliphatic heterocycles. The fraction of sp³-hybridized carbons (Fsp3) is 0.231. The minimum absolute atomic E-state index is 0.00988. The van der Waals surface area contributed by atoms with E-state index in [1.54, 1.807) is 60.7 Å². The van der Waals surface area contributed by atoms with Crippen LogP contribution < -0.4 is 9.20 Å². The average molecular weight is 1430 g/mol. The molecule has 5 aromatic rings. The molecule has 0 N–H and O–H groups in total. The van der Waals surface area contributed by atoms with E-state index >= 15 is 0 Å². The van der Waals surface area contributed by atoms with Gasteiger partial charge in [0, 0.05) is 0 Å². The van der Waals surface area contributed by atoms with Crippen molar-refractivity contribution in [3.05, 3.63) is 137 Å². The molecule has 9 nitrogen and oxygen atoms in total. The molecule has 0 aromatic heterocycles. The zero-order chi connectivity index (χ0) is 40.1. The molecule has 5 rings (SSSR count). The molecule has 16 heteroatoms. The van der Waals surface area contributed by atoms with E-state index in [1.165, 1.54) is 44.3 Å². The summed E-state index contributed by atoms with van der Waals surface area (Å²) >= 11 is 9.38. The number of benzene rings is 5. The van der Waals surface area contributed by atoms with Gasteiger partial charge in [-0.25, -0.2) is 0 Å². The third-order valence-electron chi connectivity index (χ3n) is 8.84. The fourth-order valence-electron chi connectivity index (χ4n) is 5.59. The molecule has 0 unspecified atom stereocenters. The van der Waals surface area contributed by atoms with Gasteiger partial charge in [-0.2, -0.15) is 0 Å². The summed E-state index contributed by atoms with van der Waals surface area (Å²) in [6.07, 6.45) is 0. The number of hydrogen-bond donors (Lipinski definition) is 0. The maximum atomic E-state index is 14.5. The van der Waals surface area contributed by atoms with Crippen molar-refractivity contribution >= 4 is 39.3 Å². The number of nitrogens with zero attached hydrogens (tertiary/aromatic N) is 3. The van der Waals surface area contributed by atoms with Crippen molar-refractivity contribution in [3.63, 3.8) is 0 Å². The van der Waals surface area contributed by atoms with Gasteiger partial charge in [-0.15, -0.1) is 0 Å². The van der Waals surface area contributed by atoms with Crippen LogP contribution >= 0.6 is 0 Å². The van der Waals surface area contributed by atoms with Gasteiger partial charge in [0.2, 0.25) is 0 Å². The van der Waals surface area contributed by atoms with Crippen molar-refractivity contribution in [1.82, 2.24) is 12.9 Å². The van der Waals surface area contributed by atoms with Crippen molar-refractivity contribution in [3.8, 4) is 0 Å². The van der Waals surface area contributed by atoms with Gasteiger partial charge in [0.1, 0.15) is 0 Å². The van der Waals surface area contributed by atoms with Crippen molar-refractivity contribution < 1.29 is 151 Å². The van der Waals surface area contributed by atoms with Crippen LogP contribution in [0.1, 0.15) is 27.8 Å². The van der Waals surface area contributed by atoms with Crippen LogP contribution in [0.5, 0.6) is 0 Å². The molecule has 0 aliphatic carbocycles. The Labute approximate surface area is 407 Å². The van der Waals surface area contributed by atoms with Gasteiger partial charge in [0.15, 0.2) is 0 Å². The number of hydrogen-bond acceptors (Lipinski definition) is 6. The van der Waals surface area contributed by atoms with Crippen LogP contribution in [-0.2, 0) is 62.4 Å². The van der Waals surface area contributed by atoms with E-state index in [4.69, 9.17) is 0 Å². The normalized spacial score (nSPS) is 12.6. The summed E-state index contributed by atoms with van der Waals surface area (Å²) in [5.74, 6) is 0. The van der Waals surface area contributed by atoms with Crippen LogP contribution in [0.3, 0.4) is 0 Å². The monoisotopic (exact) mass is 1430 g/mol.